The molecule has 0 radical (unpaired) electrons. The number of nitrogens with zero attached hydrogens (tertiary/aromatic N) is 1. The summed E-state index contributed by atoms with van der Waals surface area (Å²) in [6.07, 6.45) is 0.979. The third kappa shape index (κ3) is 4.75. The summed E-state index contributed by atoms with van der Waals surface area (Å²) in [5.74, 6) is 0. The Labute approximate surface area is 109 Å². The van der Waals surface area contributed by atoms with Crippen LogP contribution in [0.4, 0.5) is 10.5 Å². The van der Waals surface area contributed by atoms with E-state index in [1.165, 1.54) is 10.5 Å². The van der Waals surface area contributed by atoms with Gasteiger partial charge in [-0.2, -0.15) is 0 Å². The number of aryl methyl sites for hydroxylation is 1. The molecule has 0 unspecified atom stereocenters. The Balaban J connectivity index is 2.58. The molecular formula is C14H22N2O2. The molecule has 2 N–H and O–H groups in total. The highest BCUT2D eigenvalue weighted by Gasteiger charge is 2.19. The largest absolute Gasteiger partial charge is 0.389 e. The molecule has 4 nitrogen and oxygen atoms in total. The van der Waals surface area contributed by atoms with Crippen molar-refractivity contribution in [2.45, 2.75) is 32.8 Å². The molecule has 0 atom stereocenters. The van der Waals surface area contributed by atoms with Crippen molar-refractivity contribution in [2.24, 2.45) is 0 Å². The minimum Gasteiger partial charge on any atom is -0.389 e. The fraction of sp³-hybridized carbons (Fsp3) is 0.500. The maximum atomic E-state index is 11.8. The van der Waals surface area contributed by atoms with Crippen molar-refractivity contribution < 1.29 is 9.90 Å². The van der Waals surface area contributed by atoms with Gasteiger partial charge in [-0.3, -0.25) is 0 Å². The molecule has 100 valence electrons. The van der Waals surface area contributed by atoms with Crippen molar-refractivity contribution in [3.05, 3.63) is 29.8 Å². The minimum atomic E-state index is -0.891. The fourth-order valence-corrected chi connectivity index (χ4v) is 1.69. The Bertz CT molecular complexity index is 393. The van der Waals surface area contributed by atoms with Gasteiger partial charge < -0.3 is 15.3 Å². The standard InChI is InChI=1S/C14H22N2O2/c1-5-11-6-8-12(9-7-11)15-13(17)16(4)10-14(2,3)18/h6-9,18H,5,10H2,1-4H3,(H,15,17). The van der Waals surface area contributed by atoms with E-state index < -0.39 is 5.60 Å². The van der Waals surface area contributed by atoms with Crippen LogP contribution in [0.3, 0.4) is 0 Å². The summed E-state index contributed by atoms with van der Waals surface area (Å²) in [5, 5.41) is 12.4. The Morgan fingerprint density at radius 2 is 1.89 bits per heavy atom. The van der Waals surface area contributed by atoms with Crippen LogP contribution < -0.4 is 5.32 Å². The van der Waals surface area contributed by atoms with Crippen molar-refractivity contribution in [2.75, 3.05) is 18.9 Å². The maximum Gasteiger partial charge on any atom is 0.321 e. The molecule has 1 aromatic rings. The molecule has 0 aliphatic carbocycles. The second-order valence-corrected chi connectivity index (χ2v) is 5.15. The smallest absolute Gasteiger partial charge is 0.321 e. The van der Waals surface area contributed by atoms with Crippen molar-refractivity contribution in [1.82, 2.24) is 4.90 Å². The molecule has 2 amide bonds. The molecule has 0 saturated carbocycles. The van der Waals surface area contributed by atoms with Gasteiger partial charge in [0.2, 0.25) is 0 Å². The van der Waals surface area contributed by atoms with Gasteiger partial charge in [-0.05, 0) is 38.0 Å². The Hall–Kier alpha value is -1.55. The van der Waals surface area contributed by atoms with Gasteiger partial charge in [-0.15, -0.1) is 0 Å². The topological polar surface area (TPSA) is 52.6 Å². The third-order valence-corrected chi connectivity index (χ3v) is 2.58. The first kappa shape index (κ1) is 14.5. The van der Waals surface area contributed by atoms with Crippen LogP contribution in [0.15, 0.2) is 24.3 Å². The number of urea groups is 1. The van der Waals surface area contributed by atoms with Crippen LogP contribution in [0.2, 0.25) is 0 Å². The van der Waals surface area contributed by atoms with E-state index in [2.05, 4.69) is 12.2 Å². The lowest BCUT2D eigenvalue weighted by Gasteiger charge is -2.25. The van der Waals surface area contributed by atoms with Gasteiger partial charge in [0.15, 0.2) is 0 Å². The highest BCUT2D eigenvalue weighted by atomic mass is 16.3. The summed E-state index contributed by atoms with van der Waals surface area (Å²) in [4.78, 5) is 13.3. The lowest BCUT2D eigenvalue weighted by molar-refractivity contribution is 0.0550. The Morgan fingerprint density at radius 1 is 1.33 bits per heavy atom. The fourth-order valence-electron chi connectivity index (χ4n) is 1.69. The van der Waals surface area contributed by atoms with Gasteiger partial charge in [0, 0.05) is 12.7 Å². The van der Waals surface area contributed by atoms with Crippen molar-refractivity contribution in [1.29, 1.82) is 0 Å². The van der Waals surface area contributed by atoms with Gasteiger partial charge >= 0.3 is 6.03 Å². The SMILES string of the molecule is CCc1ccc(NC(=O)N(C)CC(C)(C)O)cc1. The van der Waals surface area contributed by atoms with Crippen molar-refractivity contribution in [3.63, 3.8) is 0 Å². The number of carbonyl (C=O) groups excluding carboxylic acids is 1. The first-order valence-corrected chi connectivity index (χ1v) is 6.15. The van der Waals surface area contributed by atoms with Crippen LogP contribution in [0.25, 0.3) is 0 Å². The van der Waals surface area contributed by atoms with Crippen LogP contribution in [0.5, 0.6) is 0 Å². The van der Waals surface area contributed by atoms with Crippen molar-refractivity contribution >= 4 is 11.7 Å². The van der Waals surface area contributed by atoms with Gasteiger partial charge in [0.05, 0.1) is 12.1 Å². The van der Waals surface area contributed by atoms with Crippen LogP contribution in [0, 0.1) is 0 Å². The molecule has 0 bridgehead atoms. The molecule has 0 saturated heterocycles. The van der Waals surface area contributed by atoms with Crippen LogP contribution in [-0.2, 0) is 6.42 Å². The molecule has 18 heavy (non-hydrogen) atoms. The molecular weight excluding hydrogens is 228 g/mol. The lowest BCUT2D eigenvalue weighted by atomic mass is 10.1. The van der Waals surface area contributed by atoms with E-state index in [9.17, 15) is 9.90 Å². The van der Waals surface area contributed by atoms with Gasteiger partial charge in [-0.25, -0.2) is 4.79 Å². The third-order valence-electron chi connectivity index (χ3n) is 2.58. The second kappa shape index (κ2) is 5.87. The molecule has 0 spiro atoms. The van der Waals surface area contributed by atoms with Gasteiger partial charge in [-0.1, -0.05) is 19.1 Å². The second-order valence-electron chi connectivity index (χ2n) is 5.15. The molecule has 1 aromatic carbocycles. The lowest BCUT2D eigenvalue weighted by Crippen LogP contribution is -2.41. The van der Waals surface area contributed by atoms with Gasteiger partial charge in [0.1, 0.15) is 0 Å². The normalized spacial score (nSPS) is 11.2. The quantitative estimate of drug-likeness (QED) is 0.862. The van der Waals surface area contributed by atoms with Crippen LogP contribution in [-0.4, -0.2) is 35.2 Å². The molecule has 0 fully saturated rings. The number of rotatable bonds is 4. The summed E-state index contributed by atoms with van der Waals surface area (Å²) in [6.45, 7) is 5.72. The molecule has 4 heteroatoms. The number of benzene rings is 1. The zero-order valence-electron chi connectivity index (χ0n) is 11.5. The summed E-state index contributed by atoms with van der Waals surface area (Å²) in [6, 6.07) is 7.53. The summed E-state index contributed by atoms with van der Waals surface area (Å²) < 4.78 is 0. The summed E-state index contributed by atoms with van der Waals surface area (Å²) in [7, 11) is 1.66. The number of amides is 2. The number of hydrogen-bond acceptors (Lipinski definition) is 2. The van der Waals surface area contributed by atoms with Gasteiger partial charge in [0.25, 0.3) is 0 Å². The average Bonchev–Trinajstić information content (AvgIpc) is 2.27. The minimum absolute atomic E-state index is 0.221. The Kier molecular flexibility index (Phi) is 4.73. The van der Waals surface area contributed by atoms with E-state index in [1.807, 2.05) is 24.3 Å². The highest BCUT2D eigenvalue weighted by molar-refractivity contribution is 5.89. The molecule has 0 aliphatic heterocycles. The molecule has 0 aromatic heterocycles. The van der Waals surface area contributed by atoms with E-state index in [1.54, 1.807) is 20.9 Å². The maximum absolute atomic E-state index is 11.8. The van der Waals surface area contributed by atoms with E-state index in [0.717, 1.165) is 12.1 Å². The number of carbonyl (C=O) groups is 1. The van der Waals surface area contributed by atoms with E-state index in [4.69, 9.17) is 0 Å². The molecule has 0 heterocycles. The number of likely N-dealkylation sites (N-methyl/N-ethyl adjacent to an activating group) is 1. The first-order valence-electron chi connectivity index (χ1n) is 6.15. The first-order chi connectivity index (χ1) is 8.31. The van der Waals surface area contributed by atoms with Crippen molar-refractivity contribution in [3.8, 4) is 0 Å². The van der Waals surface area contributed by atoms with E-state index in [0.29, 0.717) is 0 Å². The van der Waals surface area contributed by atoms with Crippen LogP contribution >= 0.6 is 0 Å². The monoisotopic (exact) mass is 250 g/mol. The molecule has 0 aliphatic rings. The van der Waals surface area contributed by atoms with E-state index in [-0.39, 0.29) is 12.6 Å². The Morgan fingerprint density at radius 3 is 2.33 bits per heavy atom. The number of hydrogen-bond donors (Lipinski definition) is 2. The average molecular weight is 250 g/mol. The summed E-state index contributed by atoms with van der Waals surface area (Å²) in [5.41, 5.74) is 1.11. The number of aliphatic hydroxyl groups is 1. The number of nitrogens with one attached hydrogen (secondary N) is 1. The van der Waals surface area contributed by atoms with E-state index >= 15 is 0 Å². The predicted octanol–water partition coefficient (Wildman–Crippen LogP) is 2.48. The highest BCUT2D eigenvalue weighted by Crippen LogP contribution is 2.11. The zero-order chi connectivity index (χ0) is 13.8. The number of anilines is 1. The summed E-state index contributed by atoms with van der Waals surface area (Å²) >= 11 is 0. The van der Waals surface area contributed by atoms with Crippen LogP contribution in [0.1, 0.15) is 26.3 Å². The predicted molar refractivity (Wildman–Crippen MR) is 73.8 cm³/mol. The zero-order valence-corrected chi connectivity index (χ0v) is 11.5. The molecule has 1 rings (SSSR count).